The number of carbonyl (C=O) groups excluding carboxylic acids is 1. The highest BCUT2D eigenvalue weighted by Crippen LogP contribution is 2.09. The molecule has 0 amide bonds. The normalized spacial score (nSPS) is 14.9. The number of likely N-dealkylation sites (N-methyl/N-ethyl adjacent to an activating group) is 1. The molecule has 0 aliphatic heterocycles. The molecule has 0 aliphatic carbocycles. The molecule has 0 radical (unpaired) electrons. The summed E-state index contributed by atoms with van der Waals surface area (Å²) >= 11 is 0. The standard InChI is InChI=1S/C12H26N2O2/c1-6-8-13-12(3,11(15)16-5)10-14(4)9-7-2/h13H,6-10H2,1-5H3. The zero-order valence-electron chi connectivity index (χ0n) is 11.3. The lowest BCUT2D eigenvalue weighted by molar-refractivity contribution is -0.148. The van der Waals surface area contributed by atoms with Gasteiger partial charge in [-0.3, -0.25) is 4.79 Å². The Morgan fingerprint density at radius 2 is 2.00 bits per heavy atom. The predicted molar refractivity (Wildman–Crippen MR) is 66.5 cm³/mol. The van der Waals surface area contributed by atoms with Crippen LogP contribution < -0.4 is 5.32 Å². The van der Waals surface area contributed by atoms with Crippen molar-refractivity contribution in [3.05, 3.63) is 0 Å². The van der Waals surface area contributed by atoms with Gasteiger partial charge in [-0.1, -0.05) is 13.8 Å². The number of methoxy groups -OCH3 is 1. The molecule has 4 nitrogen and oxygen atoms in total. The summed E-state index contributed by atoms with van der Waals surface area (Å²) < 4.78 is 4.86. The van der Waals surface area contributed by atoms with E-state index in [1.54, 1.807) is 0 Å². The molecule has 1 N–H and O–H groups in total. The maximum atomic E-state index is 11.8. The zero-order valence-corrected chi connectivity index (χ0v) is 11.3. The van der Waals surface area contributed by atoms with Crippen molar-refractivity contribution in [3.8, 4) is 0 Å². The van der Waals surface area contributed by atoms with Crippen molar-refractivity contribution in [3.63, 3.8) is 0 Å². The topological polar surface area (TPSA) is 41.6 Å². The molecular formula is C12H26N2O2. The van der Waals surface area contributed by atoms with Crippen LogP contribution in [-0.2, 0) is 9.53 Å². The Bertz CT molecular complexity index is 209. The minimum atomic E-state index is -0.602. The van der Waals surface area contributed by atoms with Crippen LogP contribution in [0.2, 0.25) is 0 Å². The highest BCUT2D eigenvalue weighted by molar-refractivity contribution is 5.80. The average molecular weight is 230 g/mol. The van der Waals surface area contributed by atoms with Gasteiger partial charge in [-0.25, -0.2) is 0 Å². The van der Waals surface area contributed by atoms with E-state index in [9.17, 15) is 4.79 Å². The molecule has 0 fully saturated rings. The molecule has 0 saturated carbocycles. The first-order valence-corrected chi connectivity index (χ1v) is 6.02. The Balaban J connectivity index is 4.45. The van der Waals surface area contributed by atoms with Crippen LogP contribution in [0.1, 0.15) is 33.6 Å². The Morgan fingerprint density at radius 3 is 2.44 bits per heavy atom. The monoisotopic (exact) mass is 230 g/mol. The summed E-state index contributed by atoms with van der Waals surface area (Å²) in [6, 6.07) is 0. The van der Waals surface area contributed by atoms with Gasteiger partial charge in [-0.05, 0) is 39.9 Å². The van der Waals surface area contributed by atoms with Gasteiger partial charge in [0.05, 0.1) is 7.11 Å². The van der Waals surface area contributed by atoms with Crippen molar-refractivity contribution in [1.29, 1.82) is 0 Å². The molecule has 0 aromatic heterocycles. The number of ether oxygens (including phenoxy) is 1. The van der Waals surface area contributed by atoms with Crippen LogP contribution in [0, 0.1) is 0 Å². The van der Waals surface area contributed by atoms with Crippen LogP contribution in [0.4, 0.5) is 0 Å². The van der Waals surface area contributed by atoms with Crippen molar-refractivity contribution < 1.29 is 9.53 Å². The van der Waals surface area contributed by atoms with E-state index in [4.69, 9.17) is 4.74 Å². The summed E-state index contributed by atoms with van der Waals surface area (Å²) in [4.78, 5) is 13.9. The minimum absolute atomic E-state index is 0.191. The molecule has 0 aromatic rings. The Kier molecular flexibility index (Phi) is 7.34. The van der Waals surface area contributed by atoms with Crippen molar-refractivity contribution in [1.82, 2.24) is 10.2 Å². The minimum Gasteiger partial charge on any atom is -0.468 e. The van der Waals surface area contributed by atoms with Crippen molar-refractivity contribution in [2.24, 2.45) is 0 Å². The van der Waals surface area contributed by atoms with E-state index < -0.39 is 5.54 Å². The van der Waals surface area contributed by atoms with Crippen LogP contribution in [0.15, 0.2) is 0 Å². The van der Waals surface area contributed by atoms with Crippen LogP contribution in [-0.4, -0.2) is 50.2 Å². The number of nitrogens with zero attached hydrogens (tertiary/aromatic N) is 1. The summed E-state index contributed by atoms with van der Waals surface area (Å²) in [6.07, 6.45) is 2.09. The number of hydrogen-bond donors (Lipinski definition) is 1. The molecule has 0 saturated heterocycles. The molecule has 0 bridgehead atoms. The summed E-state index contributed by atoms with van der Waals surface area (Å²) in [5, 5.41) is 3.27. The van der Waals surface area contributed by atoms with Crippen molar-refractivity contribution in [2.45, 2.75) is 39.2 Å². The molecule has 0 aromatic carbocycles. The Morgan fingerprint density at radius 1 is 1.38 bits per heavy atom. The van der Waals surface area contributed by atoms with Gasteiger partial charge in [0.2, 0.25) is 0 Å². The fraction of sp³-hybridized carbons (Fsp3) is 0.917. The lowest BCUT2D eigenvalue weighted by Crippen LogP contribution is -2.57. The summed E-state index contributed by atoms with van der Waals surface area (Å²) in [7, 11) is 3.46. The van der Waals surface area contributed by atoms with E-state index in [0.29, 0.717) is 6.54 Å². The Labute approximate surface area is 99.3 Å². The second-order valence-electron chi connectivity index (χ2n) is 4.49. The van der Waals surface area contributed by atoms with Gasteiger partial charge < -0.3 is 15.0 Å². The molecule has 4 heteroatoms. The number of nitrogens with one attached hydrogen (secondary N) is 1. The van der Waals surface area contributed by atoms with Gasteiger partial charge in [0.1, 0.15) is 5.54 Å². The average Bonchev–Trinajstić information content (AvgIpc) is 2.25. The molecule has 0 aliphatic rings. The molecule has 0 heterocycles. The second-order valence-corrected chi connectivity index (χ2v) is 4.49. The Hall–Kier alpha value is -0.610. The summed E-state index contributed by atoms with van der Waals surface area (Å²) in [6.45, 7) is 8.60. The molecule has 1 unspecified atom stereocenters. The van der Waals surface area contributed by atoms with E-state index in [-0.39, 0.29) is 5.97 Å². The number of carbonyl (C=O) groups is 1. The highest BCUT2D eigenvalue weighted by Gasteiger charge is 2.34. The number of esters is 1. The zero-order chi connectivity index (χ0) is 12.6. The molecule has 96 valence electrons. The third-order valence-electron chi connectivity index (χ3n) is 2.59. The molecule has 0 spiro atoms. The SMILES string of the molecule is CCCNC(C)(CN(C)CCC)C(=O)OC. The first-order chi connectivity index (χ1) is 7.50. The van der Waals surface area contributed by atoms with E-state index >= 15 is 0 Å². The highest BCUT2D eigenvalue weighted by atomic mass is 16.5. The van der Waals surface area contributed by atoms with Gasteiger partial charge in [0, 0.05) is 6.54 Å². The van der Waals surface area contributed by atoms with Crippen molar-refractivity contribution in [2.75, 3.05) is 33.8 Å². The molecular weight excluding hydrogens is 204 g/mol. The van der Waals surface area contributed by atoms with Crippen LogP contribution in [0.25, 0.3) is 0 Å². The van der Waals surface area contributed by atoms with Crippen molar-refractivity contribution >= 4 is 5.97 Å². The van der Waals surface area contributed by atoms with Gasteiger partial charge in [0.15, 0.2) is 0 Å². The largest absolute Gasteiger partial charge is 0.468 e. The lowest BCUT2D eigenvalue weighted by Gasteiger charge is -2.32. The quantitative estimate of drug-likeness (QED) is 0.637. The second kappa shape index (κ2) is 7.63. The maximum Gasteiger partial charge on any atom is 0.327 e. The van der Waals surface area contributed by atoms with Gasteiger partial charge in [-0.15, -0.1) is 0 Å². The third kappa shape index (κ3) is 4.94. The van der Waals surface area contributed by atoms with E-state index in [1.165, 1.54) is 7.11 Å². The number of hydrogen-bond acceptors (Lipinski definition) is 4. The molecule has 16 heavy (non-hydrogen) atoms. The predicted octanol–water partition coefficient (Wildman–Crippen LogP) is 1.26. The fourth-order valence-electron chi connectivity index (χ4n) is 1.82. The first-order valence-electron chi connectivity index (χ1n) is 6.02. The van der Waals surface area contributed by atoms with Crippen LogP contribution in [0.5, 0.6) is 0 Å². The van der Waals surface area contributed by atoms with E-state index in [2.05, 4.69) is 24.1 Å². The summed E-state index contributed by atoms with van der Waals surface area (Å²) in [5.41, 5.74) is -0.602. The first kappa shape index (κ1) is 15.4. The maximum absolute atomic E-state index is 11.8. The lowest BCUT2D eigenvalue weighted by atomic mass is 10.0. The van der Waals surface area contributed by atoms with E-state index in [1.807, 2.05) is 14.0 Å². The van der Waals surface area contributed by atoms with Gasteiger partial charge in [0.25, 0.3) is 0 Å². The molecule has 1 atom stereocenters. The number of rotatable bonds is 8. The smallest absolute Gasteiger partial charge is 0.327 e. The van der Waals surface area contributed by atoms with Crippen LogP contribution >= 0.6 is 0 Å². The van der Waals surface area contributed by atoms with Gasteiger partial charge in [-0.2, -0.15) is 0 Å². The van der Waals surface area contributed by atoms with Crippen LogP contribution in [0.3, 0.4) is 0 Å². The van der Waals surface area contributed by atoms with Gasteiger partial charge >= 0.3 is 5.97 Å². The molecule has 0 rings (SSSR count). The summed E-state index contributed by atoms with van der Waals surface area (Å²) in [5.74, 6) is -0.191. The van der Waals surface area contributed by atoms with E-state index in [0.717, 1.165) is 25.9 Å². The third-order valence-corrected chi connectivity index (χ3v) is 2.59. The fourth-order valence-corrected chi connectivity index (χ4v) is 1.82.